The molecule has 3 amide bonds. The van der Waals surface area contributed by atoms with Gasteiger partial charge in [0, 0.05) is 52.2 Å². The molecule has 0 bridgehead atoms. The molecule has 0 unspecified atom stereocenters. The van der Waals surface area contributed by atoms with Crippen LogP contribution in [0.3, 0.4) is 0 Å². The molecule has 1 aliphatic heterocycles. The predicted molar refractivity (Wildman–Crippen MR) is 109 cm³/mol. The highest BCUT2D eigenvalue weighted by atomic mass is 35.5. The third-order valence-corrected chi connectivity index (χ3v) is 5.65. The fourth-order valence-electron chi connectivity index (χ4n) is 3.99. The Morgan fingerprint density at radius 1 is 1.07 bits per heavy atom. The molecule has 1 aromatic carbocycles. The van der Waals surface area contributed by atoms with Crippen molar-refractivity contribution < 1.29 is 9.59 Å². The molecule has 0 radical (unpaired) electrons. The lowest BCUT2D eigenvalue weighted by Gasteiger charge is -2.37. The summed E-state index contributed by atoms with van der Waals surface area (Å²) in [4.78, 5) is 30.6. The van der Waals surface area contributed by atoms with Gasteiger partial charge in [0.1, 0.15) is 0 Å². The number of carbonyl (C=O) groups is 2. The minimum atomic E-state index is 0. The largest absolute Gasteiger partial charge is 0.339 e. The molecular weight excluding hydrogens is 364 g/mol. The second kappa shape index (κ2) is 9.95. The smallest absolute Gasteiger partial charge is 0.320 e. The number of benzene rings is 1. The van der Waals surface area contributed by atoms with Gasteiger partial charge >= 0.3 is 6.03 Å². The molecule has 0 spiro atoms. The summed E-state index contributed by atoms with van der Waals surface area (Å²) in [5.41, 5.74) is 7.20. The number of amides is 3. The van der Waals surface area contributed by atoms with Crippen molar-refractivity contribution in [3.05, 3.63) is 35.9 Å². The highest BCUT2D eigenvalue weighted by molar-refractivity contribution is 5.85. The van der Waals surface area contributed by atoms with E-state index in [1.807, 2.05) is 47.2 Å². The van der Waals surface area contributed by atoms with E-state index in [1.54, 1.807) is 4.90 Å². The van der Waals surface area contributed by atoms with E-state index in [-0.39, 0.29) is 30.4 Å². The van der Waals surface area contributed by atoms with Crippen LogP contribution in [-0.4, -0.2) is 65.9 Å². The van der Waals surface area contributed by atoms with E-state index in [0.29, 0.717) is 45.1 Å². The lowest BCUT2D eigenvalue weighted by atomic mass is 9.99. The Hall–Kier alpha value is -1.79. The van der Waals surface area contributed by atoms with E-state index >= 15 is 0 Å². The van der Waals surface area contributed by atoms with Gasteiger partial charge in [0.25, 0.3) is 0 Å². The van der Waals surface area contributed by atoms with Crippen molar-refractivity contribution in [2.45, 2.75) is 38.3 Å². The first-order chi connectivity index (χ1) is 12.5. The standard InChI is InChI=1S/C20H30N4O2.ClH/c1-22(15-16-6-3-2-4-7-16)20(26)24-12-10-23(11-13-24)19(25)14-17-8-5-9-18(17)21;/h2-4,6-7,17-18H,5,8-15,21H2,1H3;1H/t17-,18+;/m0./s1. The Balaban J connectivity index is 0.00000261. The first-order valence-corrected chi connectivity index (χ1v) is 9.62. The van der Waals surface area contributed by atoms with Crippen LogP contribution >= 0.6 is 12.4 Å². The van der Waals surface area contributed by atoms with Crippen molar-refractivity contribution in [3.63, 3.8) is 0 Å². The number of urea groups is 1. The predicted octanol–water partition coefficient (Wildman–Crippen LogP) is 2.32. The van der Waals surface area contributed by atoms with Gasteiger partial charge in [-0.25, -0.2) is 4.79 Å². The van der Waals surface area contributed by atoms with E-state index in [0.717, 1.165) is 24.8 Å². The SMILES string of the molecule is CN(Cc1ccccc1)C(=O)N1CCN(C(=O)C[C@@H]2CCC[C@H]2N)CC1.Cl. The molecule has 150 valence electrons. The third-order valence-electron chi connectivity index (χ3n) is 5.65. The summed E-state index contributed by atoms with van der Waals surface area (Å²) in [6.45, 7) is 3.02. The lowest BCUT2D eigenvalue weighted by Crippen LogP contribution is -2.53. The van der Waals surface area contributed by atoms with Crippen LogP contribution in [0.2, 0.25) is 0 Å². The summed E-state index contributed by atoms with van der Waals surface area (Å²) >= 11 is 0. The quantitative estimate of drug-likeness (QED) is 0.851. The van der Waals surface area contributed by atoms with Crippen LogP contribution in [0.25, 0.3) is 0 Å². The summed E-state index contributed by atoms with van der Waals surface area (Å²) < 4.78 is 0. The molecule has 1 aliphatic carbocycles. The maximum atomic E-state index is 12.6. The molecule has 2 N–H and O–H groups in total. The first-order valence-electron chi connectivity index (χ1n) is 9.62. The number of piperazine rings is 1. The zero-order valence-corrected chi connectivity index (χ0v) is 16.9. The number of rotatable bonds is 4. The molecule has 3 rings (SSSR count). The average Bonchev–Trinajstić information content (AvgIpc) is 3.06. The van der Waals surface area contributed by atoms with Crippen LogP contribution in [-0.2, 0) is 11.3 Å². The number of nitrogens with zero attached hydrogens (tertiary/aromatic N) is 3. The summed E-state index contributed by atoms with van der Waals surface area (Å²) in [6, 6.07) is 10.2. The summed E-state index contributed by atoms with van der Waals surface area (Å²) in [7, 11) is 1.83. The molecule has 7 heteroatoms. The highest BCUT2D eigenvalue weighted by Gasteiger charge is 2.30. The summed E-state index contributed by atoms with van der Waals surface area (Å²) in [6.07, 6.45) is 3.79. The molecule has 6 nitrogen and oxygen atoms in total. The number of carbonyl (C=O) groups excluding carboxylic acids is 2. The van der Waals surface area contributed by atoms with Gasteiger partial charge in [-0.15, -0.1) is 12.4 Å². The van der Waals surface area contributed by atoms with Gasteiger partial charge < -0.3 is 20.4 Å². The highest BCUT2D eigenvalue weighted by Crippen LogP contribution is 2.27. The monoisotopic (exact) mass is 394 g/mol. The Labute approximate surface area is 168 Å². The fourth-order valence-corrected chi connectivity index (χ4v) is 3.99. The van der Waals surface area contributed by atoms with Gasteiger partial charge in [0.05, 0.1) is 0 Å². The van der Waals surface area contributed by atoms with Crippen molar-refractivity contribution in [3.8, 4) is 0 Å². The Kier molecular flexibility index (Phi) is 7.92. The van der Waals surface area contributed by atoms with Crippen LogP contribution in [0.1, 0.15) is 31.2 Å². The Morgan fingerprint density at radius 3 is 2.30 bits per heavy atom. The minimum Gasteiger partial charge on any atom is -0.339 e. The van der Waals surface area contributed by atoms with Crippen molar-refractivity contribution in [1.29, 1.82) is 0 Å². The molecule has 2 aliphatic rings. The Morgan fingerprint density at radius 2 is 1.70 bits per heavy atom. The Bertz CT molecular complexity index is 620. The van der Waals surface area contributed by atoms with Crippen LogP contribution < -0.4 is 5.73 Å². The van der Waals surface area contributed by atoms with E-state index in [2.05, 4.69) is 0 Å². The number of nitrogens with two attached hydrogens (primary N) is 1. The second-order valence-electron chi connectivity index (χ2n) is 7.55. The third kappa shape index (κ3) is 5.59. The summed E-state index contributed by atoms with van der Waals surface area (Å²) in [5.74, 6) is 0.524. The van der Waals surface area contributed by atoms with E-state index in [9.17, 15) is 9.59 Å². The number of hydrogen-bond donors (Lipinski definition) is 1. The van der Waals surface area contributed by atoms with Gasteiger partial charge in [-0.1, -0.05) is 36.8 Å². The van der Waals surface area contributed by atoms with Gasteiger partial charge in [0.15, 0.2) is 0 Å². The minimum absolute atomic E-state index is 0. The molecule has 1 heterocycles. The average molecular weight is 395 g/mol. The van der Waals surface area contributed by atoms with Crippen LogP contribution in [0, 0.1) is 5.92 Å². The molecule has 0 aromatic heterocycles. The van der Waals surface area contributed by atoms with Gasteiger partial charge in [-0.3, -0.25) is 4.79 Å². The van der Waals surface area contributed by atoms with Gasteiger partial charge in [-0.05, 0) is 24.3 Å². The zero-order valence-electron chi connectivity index (χ0n) is 16.0. The topological polar surface area (TPSA) is 69.9 Å². The maximum Gasteiger partial charge on any atom is 0.320 e. The molecule has 2 fully saturated rings. The molecule has 1 saturated carbocycles. The zero-order chi connectivity index (χ0) is 18.5. The van der Waals surface area contributed by atoms with E-state index in [1.165, 1.54) is 0 Å². The number of hydrogen-bond acceptors (Lipinski definition) is 3. The normalized spacial score (nSPS) is 22.3. The van der Waals surface area contributed by atoms with E-state index < -0.39 is 0 Å². The van der Waals surface area contributed by atoms with Gasteiger partial charge in [-0.2, -0.15) is 0 Å². The van der Waals surface area contributed by atoms with E-state index in [4.69, 9.17) is 5.73 Å². The van der Waals surface area contributed by atoms with Crippen molar-refractivity contribution in [1.82, 2.24) is 14.7 Å². The molecular formula is C20H31ClN4O2. The van der Waals surface area contributed by atoms with Crippen LogP contribution in [0.15, 0.2) is 30.3 Å². The lowest BCUT2D eigenvalue weighted by molar-refractivity contribution is -0.133. The summed E-state index contributed by atoms with van der Waals surface area (Å²) in [5, 5.41) is 0. The maximum absolute atomic E-state index is 12.6. The molecule has 2 atom stereocenters. The van der Waals surface area contributed by atoms with Crippen molar-refractivity contribution in [2.75, 3.05) is 33.2 Å². The first kappa shape index (κ1) is 21.5. The van der Waals surface area contributed by atoms with Crippen LogP contribution in [0.4, 0.5) is 4.79 Å². The second-order valence-corrected chi connectivity index (χ2v) is 7.55. The van der Waals surface area contributed by atoms with Crippen molar-refractivity contribution in [2.24, 2.45) is 11.7 Å². The van der Waals surface area contributed by atoms with Crippen molar-refractivity contribution >= 4 is 24.3 Å². The molecule has 1 aromatic rings. The van der Waals surface area contributed by atoms with Gasteiger partial charge in [0.2, 0.25) is 5.91 Å². The fraction of sp³-hybridized carbons (Fsp3) is 0.600. The number of halogens is 1. The molecule has 27 heavy (non-hydrogen) atoms. The van der Waals surface area contributed by atoms with Crippen LogP contribution in [0.5, 0.6) is 0 Å². The molecule has 1 saturated heterocycles.